The second-order valence-corrected chi connectivity index (χ2v) is 8.26. The van der Waals surface area contributed by atoms with E-state index in [1.165, 1.54) is 0 Å². The van der Waals surface area contributed by atoms with Crippen molar-refractivity contribution in [3.8, 4) is 28.7 Å². The average molecular weight is 432 g/mol. The molecule has 4 heterocycles. The van der Waals surface area contributed by atoms with E-state index in [-0.39, 0.29) is 0 Å². The minimum absolute atomic E-state index is 0.396. The van der Waals surface area contributed by atoms with Crippen LogP contribution in [0.25, 0.3) is 0 Å². The van der Waals surface area contributed by atoms with Gasteiger partial charge in [-0.15, -0.1) is 0 Å². The van der Waals surface area contributed by atoms with E-state index in [1.807, 2.05) is 36.5 Å². The highest BCUT2D eigenvalue weighted by molar-refractivity contribution is 5.76. The number of nitrogens with zero attached hydrogens (tertiary/aromatic N) is 2. The first-order chi connectivity index (χ1) is 15.7. The second kappa shape index (κ2) is 7.22. The molecule has 164 valence electrons. The standard InChI is InChI=1S/C25H24N2O5/c1-28-17-9-19-24(23(10-17)29-2)25(14-27(19)13-16-5-3-4-6-26-16)15-32-20-12-22-21(11-18(20)25)30-7-8-31-22/h3-6,9-12H,7-8,13-15H2,1-2H3. The zero-order valence-electron chi connectivity index (χ0n) is 18.1. The SMILES string of the molecule is COc1cc(OC)c2c(c1)N(Cc1ccccn1)CC21COc2cc3c(cc21)OCCO3. The Bertz CT molecular complexity index is 1180. The summed E-state index contributed by atoms with van der Waals surface area (Å²) in [5.41, 5.74) is 3.87. The van der Waals surface area contributed by atoms with Gasteiger partial charge in [-0.25, -0.2) is 0 Å². The molecule has 0 saturated carbocycles. The molecular formula is C25H24N2O5. The summed E-state index contributed by atoms with van der Waals surface area (Å²) in [4.78, 5) is 6.88. The van der Waals surface area contributed by atoms with Crippen molar-refractivity contribution >= 4 is 5.69 Å². The molecule has 0 radical (unpaired) electrons. The van der Waals surface area contributed by atoms with Crippen LogP contribution < -0.4 is 28.6 Å². The summed E-state index contributed by atoms with van der Waals surface area (Å²) in [6, 6.07) is 14.0. The van der Waals surface area contributed by atoms with Crippen molar-refractivity contribution < 1.29 is 23.7 Å². The topological polar surface area (TPSA) is 62.3 Å². The number of rotatable bonds is 4. The highest BCUT2D eigenvalue weighted by Crippen LogP contribution is 2.57. The Balaban J connectivity index is 1.52. The summed E-state index contributed by atoms with van der Waals surface area (Å²) in [5, 5.41) is 0. The predicted molar refractivity (Wildman–Crippen MR) is 119 cm³/mol. The van der Waals surface area contributed by atoms with E-state index < -0.39 is 5.41 Å². The predicted octanol–water partition coefficient (Wildman–Crippen LogP) is 3.57. The molecule has 1 spiro atoms. The van der Waals surface area contributed by atoms with Gasteiger partial charge in [0, 0.05) is 47.8 Å². The molecule has 6 rings (SSSR count). The maximum Gasteiger partial charge on any atom is 0.165 e. The molecule has 3 aliphatic heterocycles. The van der Waals surface area contributed by atoms with Gasteiger partial charge >= 0.3 is 0 Å². The molecule has 3 aromatic rings. The van der Waals surface area contributed by atoms with Crippen LogP contribution in [0.3, 0.4) is 0 Å². The van der Waals surface area contributed by atoms with Gasteiger partial charge in [0.25, 0.3) is 0 Å². The molecule has 0 aliphatic carbocycles. The Morgan fingerprint density at radius 1 is 0.969 bits per heavy atom. The first kappa shape index (κ1) is 19.1. The lowest BCUT2D eigenvalue weighted by Gasteiger charge is -2.27. The fraction of sp³-hybridized carbons (Fsp3) is 0.320. The summed E-state index contributed by atoms with van der Waals surface area (Å²) < 4.78 is 29.4. The lowest BCUT2D eigenvalue weighted by Crippen LogP contribution is -2.36. The smallest absolute Gasteiger partial charge is 0.165 e. The molecule has 1 aromatic heterocycles. The number of aromatic nitrogens is 1. The highest BCUT2D eigenvalue weighted by atomic mass is 16.6. The first-order valence-corrected chi connectivity index (χ1v) is 10.7. The van der Waals surface area contributed by atoms with E-state index >= 15 is 0 Å². The fourth-order valence-corrected chi connectivity index (χ4v) is 5.08. The van der Waals surface area contributed by atoms with E-state index in [0.717, 1.165) is 57.8 Å². The van der Waals surface area contributed by atoms with E-state index in [1.54, 1.807) is 14.2 Å². The zero-order chi connectivity index (χ0) is 21.7. The number of anilines is 1. The van der Waals surface area contributed by atoms with E-state index in [9.17, 15) is 0 Å². The van der Waals surface area contributed by atoms with Crippen molar-refractivity contribution in [2.75, 3.05) is 45.5 Å². The third-order valence-corrected chi connectivity index (χ3v) is 6.50. The van der Waals surface area contributed by atoms with Crippen molar-refractivity contribution in [2.24, 2.45) is 0 Å². The molecule has 7 heteroatoms. The number of methoxy groups -OCH3 is 2. The summed E-state index contributed by atoms with van der Waals surface area (Å²) in [5.74, 6) is 3.87. The maximum absolute atomic E-state index is 6.25. The maximum atomic E-state index is 6.25. The molecule has 2 aromatic carbocycles. The summed E-state index contributed by atoms with van der Waals surface area (Å²) in [6.07, 6.45) is 1.83. The minimum Gasteiger partial charge on any atom is -0.497 e. The zero-order valence-corrected chi connectivity index (χ0v) is 18.1. The number of hydrogen-bond donors (Lipinski definition) is 0. The van der Waals surface area contributed by atoms with Crippen LogP contribution in [0.1, 0.15) is 16.8 Å². The Kier molecular flexibility index (Phi) is 4.31. The van der Waals surface area contributed by atoms with Crippen molar-refractivity contribution in [3.05, 3.63) is 65.5 Å². The summed E-state index contributed by atoms with van der Waals surface area (Å²) in [6.45, 7) is 3.01. The van der Waals surface area contributed by atoms with Gasteiger partial charge in [-0.3, -0.25) is 4.98 Å². The minimum atomic E-state index is -0.396. The molecule has 0 fully saturated rings. The quantitative estimate of drug-likeness (QED) is 0.625. The first-order valence-electron chi connectivity index (χ1n) is 10.7. The van der Waals surface area contributed by atoms with Gasteiger partial charge in [-0.1, -0.05) is 6.07 Å². The largest absolute Gasteiger partial charge is 0.497 e. The number of hydrogen-bond acceptors (Lipinski definition) is 7. The molecule has 7 nitrogen and oxygen atoms in total. The fourth-order valence-electron chi connectivity index (χ4n) is 5.08. The Labute approximate surface area is 186 Å². The van der Waals surface area contributed by atoms with E-state index in [4.69, 9.17) is 23.7 Å². The van der Waals surface area contributed by atoms with Crippen molar-refractivity contribution in [1.82, 2.24) is 4.98 Å². The molecular weight excluding hydrogens is 408 g/mol. The second-order valence-electron chi connectivity index (χ2n) is 8.26. The molecule has 0 amide bonds. The van der Waals surface area contributed by atoms with Gasteiger partial charge in [-0.2, -0.15) is 0 Å². The Hall–Kier alpha value is -3.61. The van der Waals surface area contributed by atoms with Gasteiger partial charge in [-0.05, 0) is 18.2 Å². The van der Waals surface area contributed by atoms with Gasteiger partial charge in [0.15, 0.2) is 11.5 Å². The average Bonchev–Trinajstić information content (AvgIpc) is 3.35. The monoisotopic (exact) mass is 432 g/mol. The van der Waals surface area contributed by atoms with Crippen LogP contribution in [-0.4, -0.2) is 45.6 Å². The molecule has 0 saturated heterocycles. The normalized spacial score (nSPS) is 20.0. The van der Waals surface area contributed by atoms with Crippen LogP contribution in [0.5, 0.6) is 28.7 Å². The number of ether oxygens (including phenoxy) is 5. The Morgan fingerprint density at radius 3 is 2.56 bits per heavy atom. The van der Waals surface area contributed by atoms with Crippen LogP contribution in [0.15, 0.2) is 48.7 Å². The third-order valence-electron chi connectivity index (χ3n) is 6.50. The van der Waals surface area contributed by atoms with Gasteiger partial charge in [0.2, 0.25) is 0 Å². The highest BCUT2D eigenvalue weighted by Gasteiger charge is 2.52. The van der Waals surface area contributed by atoms with Crippen LogP contribution in [0.4, 0.5) is 5.69 Å². The third kappa shape index (κ3) is 2.77. The lowest BCUT2D eigenvalue weighted by molar-refractivity contribution is 0.171. The van der Waals surface area contributed by atoms with Crippen LogP contribution in [0.2, 0.25) is 0 Å². The number of pyridine rings is 1. The van der Waals surface area contributed by atoms with Gasteiger partial charge < -0.3 is 28.6 Å². The van der Waals surface area contributed by atoms with Crippen molar-refractivity contribution in [2.45, 2.75) is 12.0 Å². The van der Waals surface area contributed by atoms with Crippen LogP contribution >= 0.6 is 0 Å². The number of fused-ring (bicyclic) bond motifs is 5. The Morgan fingerprint density at radius 2 is 1.81 bits per heavy atom. The number of benzene rings is 2. The van der Waals surface area contributed by atoms with E-state index in [2.05, 4.69) is 22.0 Å². The summed E-state index contributed by atoms with van der Waals surface area (Å²) >= 11 is 0. The van der Waals surface area contributed by atoms with Gasteiger partial charge in [0.1, 0.15) is 37.1 Å². The molecule has 1 unspecified atom stereocenters. The molecule has 1 atom stereocenters. The van der Waals surface area contributed by atoms with Crippen molar-refractivity contribution in [1.29, 1.82) is 0 Å². The molecule has 3 aliphatic rings. The lowest BCUT2D eigenvalue weighted by atomic mass is 9.77. The van der Waals surface area contributed by atoms with Crippen molar-refractivity contribution in [3.63, 3.8) is 0 Å². The molecule has 0 N–H and O–H groups in total. The van der Waals surface area contributed by atoms with E-state index in [0.29, 0.717) is 26.4 Å². The van der Waals surface area contributed by atoms with Gasteiger partial charge in [0.05, 0.1) is 31.9 Å². The molecule has 0 bridgehead atoms. The molecule has 32 heavy (non-hydrogen) atoms. The summed E-state index contributed by atoms with van der Waals surface area (Å²) in [7, 11) is 3.37. The van der Waals surface area contributed by atoms with Crippen LogP contribution in [0, 0.1) is 0 Å². The van der Waals surface area contributed by atoms with Crippen LogP contribution in [-0.2, 0) is 12.0 Å².